The van der Waals surface area contributed by atoms with E-state index in [1.807, 2.05) is 19.2 Å². The molecule has 2 rings (SSSR count). The van der Waals surface area contributed by atoms with Gasteiger partial charge in [-0.25, -0.2) is 4.98 Å². The van der Waals surface area contributed by atoms with Crippen LogP contribution < -0.4 is 10.1 Å². The van der Waals surface area contributed by atoms with Crippen molar-refractivity contribution >= 4 is 0 Å². The lowest BCUT2D eigenvalue weighted by Gasteiger charge is -2.06. The zero-order valence-electron chi connectivity index (χ0n) is 9.20. The molecule has 3 nitrogen and oxygen atoms in total. The predicted octanol–water partition coefficient (Wildman–Crippen LogP) is 1.98. The van der Waals surface area contributed by atoms with Gasteiger partial charge in [-0.2, -0.15) is 0 Å². The molecule has 0 radical (unpaired) electrons. The summed E-state index contributed by atoms with van der Waals surface area (Å²) in [4.78, 5) is 4.19. The van der Waals surface area contributed by atoms with Crippen LogP contribution in [0.1, 0.15) is 24.8 Å². The predicted molar refractivity (Wildman–Crippen MR) is 59.8 cm³/mol. The van der Waals surface area contributed by atoms with Gasteiger partial charge in [0.15, 0.2) is 0 Å². The molecule has 0 aliphatic heterocycles. The lowest BCUT2D eigenvalue weighted by atomic mass is 10.2. The van der Waals surface area contributed by atoms with Crippen LogP contribution >= 0.6 is 0 Å². The molecular formula is C12H18N2O. The molecule has 0 bridgehead atoms. The van der Waals surface area contributed by atoms with Gasteiger partial charge in [-0.3, -0.25) is 0 Å². The third kappa shape index (κ3) is 3.51. The molecule has 0 atom stereocenters. The van der Waals surface area contributed by atoms with Gasteiger partial charge >= 0.3 is 0 Å². The first-order valence-corrected chi connectivity index (χ1v) is 5.61. The van der Waals surface area contributed by atoms with Crippen molar-refractivity contribution < 1.29 is 4.74 Å². The summed E-state index contributed by atoms with van der Waals surface area (Å²) in [5.74, 6) is 1.67. The molecule has 1 heterocycles. The molecule has 1 N–H and O–H groups in total. The van der Waals surface area contributed by atoms with E-state index in [0.29, 0.717) is 0 Å². The van der Waals surface area contributed by atoms with E-state index >= 15 is 0 Å². The smallest absolute Gasteiger partial charge is 0.213 e. The molecule has 0 saturated heterocycles. The molecule has 0 aromatic carbocycles. The minimum absolute atomic E-state index is 0.753. The molecule has 3 heteroatoms. The number of nitrogens with one attached hydrogen (secondary N) is 1. The van der Waals surface area contributed by atoms with Crippen LogP contribution in [-0.4, -0.2) is 18.6 Å². The molecule has 15 heavy (non-hydrogen) atoms. The fraction of sp³-hybridized carbons (Fsp3) is 0.583. The molecule has 0 spiro atoms. The fourth-order valence-corrected chi connectivity index (χ4v) is 1.58. The molecule has 82 valence electrons. The second-order valence-electron chi connectivity index (χ2n) is 4.11. The van der Waals surface area contributed by atoms with Crippen LogP contribution in [-0.2, 0) is 6.54 Å². The lowest BCUT2D eigenvalue weighted by molar-refractivity contribution is 0.291. The van der Waals surface area contributed by atoms with E-state index in [4.69, 9.17) is 4.74 Å². The van der Waals surface area contributed by atoms with E-state index < -0.39 is 0 Å². The summed E-state index contributed by atoms with van der Waals surface area (Å²) in [6.45, 7) is 1.67. The first-order valence-electron chi connectivity index (χ1n) is 5.61. The van der Waals surface area contributed by atoms with Gasteiger partial charge in [0, 0.05) is 18.8 Å². The Morgan fingerprint density at radius 3 is 3.13 bits per heavy atom. The molecule has 1 aromatic heterocycles. The van der Waals surface area contributed by atoms with Crippen molar-refractivity contribution in [2.75, 3.05) is 13.7 Å². The molecular weight excluding hydrogens is 188 g/mol. The number of ether oxygens (including phenoxy) is 1. The van der Waals surface area contributed by atoms with Gasteiger partial charge in [0.25, 0.3) is 0 Å². The Kier molecular flexibility index (Phi) is 3.56. The number of pyridine rings is 1. The second-order valence-corrected chi connectivity index (χ2v) is 4.11. The van der Waals surface area contributed by atoms with Crippen LogP contribution in [0.2, 0.25) is 0 Å². The van der Waals surface area contributed by atoms with Gasteiger partial charge in [-0.05, 0) is 31.0 Å². The fourth-order valence-electron chi connectivity index (χ4n) is 1.58. The van der Waals surface area contributed by atoms with E-state index in [9.17, 15) is 0 Å². The summed E-state index contributed by atoms with van der Waals surface area (Å²) in [5.41, 5.74) is 1.22. The Morgan fingerprint density at radius 1 is 1.53 bits per heavy atom. The molecule has 1 saturated carbocycles. The highest BCUT2D eigenvalue weighted by Crippen LogP contribution is 2.32. The number of aromatic nitrogens is 1. The third-order valence-corrected chi connectivity index (χ3v) is 2.65. The van der Waals surface area contributed by atoms with Crippen LogP contribution in [0, 0.1) is 5.92 Å². The van der Waals surface area contributed by atoms with E-state index in [1.54, 1.807) is 6.20 Å². The Bertz CT molecular complexity index is 310. The van der Waals surface area contributed by atoms with Crippen molar-refractivity contribution in [3.63, 3.8) is 0 Å². The van der Waals surface area contributed by atoms with Crippen LogP contribution in [0.25, 0.3) is 0 Å². The van der Waals surface area contributed by atoms with E-state index in [0.717, 1.165) is 24.9 Å². The lowest BCUT2D eigenvalue weighted by Crippen LogP contribution is -2.06. The van der Waals surface area contributed by atoms with Crippen molar-refractivity contribution in [3.8, 4) is 5.88 Å². The molecule has 1 aromatic rings. The van der Waals surface area contributed by atoms with Crippen LogP contribution in [0.15, 0.2) is 18.3 Å². The molecule has 1 aliphatic rings. The van der Waals surface area contributed by atoms with Gasteiger partial charge in [0.05, 0.1) is 6.61 Å². The highest BCUT2D eigenvalue weighted by atomic mass is 16.5. The van der Waals surface area contributed by atoms with Crippen molar-refractivity contribution in [1.29, 1.82) is 0 Å². The monoisotopic (exact) mass is 206 g/mol. The quantitative estimate of drug-likeness (QED) is 0.772. The van der Waals surface area contributed by atoms with Gasteiger partial charge in [0.1, 0.15) is 0 Å². The van der Waals surface area contributed by atoms with Gasteiger partial charge in [0.2, 0.25) is 5.88 Å². The first kappa shape index (κ1) is 10.4. The van der Waals surface area contributed by atoms with E-state index in [2.05, 4.69) is 10.3 Å². The Hall–Kier alpha value is -1.09. The van der Waals surface area contributed by atoms with Crippen LogP contribution in [0.4, 0.5) is 0 Å². The third-order valence-electron chi connectivity index (χ3n) is 2.65. The second kappa shape index (κ2) is 5.12. The largest absolute Gasteiger partial charge is 0.478 e. The summed E-state index contributed by atoms with van der Waals surface area (Å²) in [6.07, 6.45) is 5.75. The molecule has 1 fully saturated rings. The number of nitrogens with zero attached hydrogens (tertiary/aromatic N) is 1. The van der Waals surface area contributed by atoms with Crippen molar-refractivity contribution in [2.45, 2.75) is 25.8 Å². The maximum Gasteiger partial charge on any atom is 0.213 e. The topological polar surface area (TPSA) is 34.2 Å². The average Bonchev–Trinajstić information content (AvgIpc) is 3.03. The standard InChI is InChI=1S/C12H18N2O/c1-13-9-11-4-6-14-12(8-11)15-7-5-10-2-3-10/h4,6,8,10,13H,2-3,5,7,9H2,1H3. The first-order chi connectivity index (χ1) is 7.38. The molecule has 1 aliphatic carbocycles. The zero-order valence-corrected chi connectivity index (χ0v) is 9.20. The Labute approximate surface area is 90.9 Å². The highest BCUT2D eigenvalue weighted by molar-refractivity contribution is 5.20. The van der Waals surface area contributed by atoms with Crippen molar-refractivity contribution in [1.82, 2.24) is 10.3 Å². The minimum atomic E-state index is 0.753. The van der Waals surface area contributed by atoms with Gasteiger partial charge < -0.3 is 10.1 Å². The molecule has 0 amide bonds. The highest BCUT2D eigenvalue weighted by Gasteiger charge is 2.20. The zero-order chi connectivity index (χ0) is 10.5. The summed E-state index contributed by atoms with van der Waals surface area (Å²) in [7, 11) is 1.94. The van der Waals surface area contributed by atoms with E-state index in [1.165, 1.54) is 24.8 Å². The Morgan fingerprint density at radius 2 is 2.40 bits per heavy atom. The van der Waals surface area contributed by atoms with Crippen molar-refractivity contribution in [3.05, 3.63) is 23.9 Å². The van der Waals surface area contributed by atoms with Crippen LogP contribution in [0.3, 0.4) is 0 Å². The van der Waals surface area contributed by atoms with Crippen molar-refractivity contribution in [2.24, 2.45) is 5.92 Å². The maximum absolute atomic E-state index is 5.60. The summed E-state index contributed by atoms with van der Waals surface area (Å²) in [6, 6.07) is 4.01. The summed E-state index contributed by atoms with van der Waals surface area (Å²) in [5, 5.41) is 3.11. The summed E-state index contributed by atoms with van der Waals surface area (Å²) >= 11 is 0. The minimum Gasteiger partial charge on any atom is -0.478 e. The average molecular weight is 206 g/mol. The van der Waals surface area contributed by atoms with Gasteiger partial charge in [-0.15, -0.1) is 0 Å². The number of hydrogen-bond acceptors (Lipinski definition) is 3. The summed E-state index contributed by atoms with van der Waals surface area (Å²) < 4.78 is 5.60. The maximum atomic E-state index is 5.60. The number of rotatable bonds is 6. The SMILES string of the molecule is CNCc1ccnc(OCCC2CC2)c1. The molecule has 0 unspecified atom stereocenters. The van der Waals surface area contributed by atoms with Crippen LogP contribution in [0.5, 0.6) is 5.88 Å². The van der Waals surface area contributed by atoms with Gasteiger partial charge in [-0.1, -0.05) is 12.8 Å². The Balaban J connectivity index is 1.80. The normalized spacial score (nSPS) is 15.3. The van der Waals surface area contributed by atoms with E-state index in [-0.39, 0.29) is 0 Å². The number of hydrogen-bond donors (Lipinski definition) is 1.